The Balaban J connectivity index is 1.10. The fraction of sp³-hybridized carbons (Fsp3) is 0.569. The number of carbonyl (C=O) groups excluding carboxylic acids is 2. The molecule has 6 nitrogen and oxygen atoms in total. The standard InChI is InChI=1S/C51H63NO5/c1-33(2)39-19-18-34(3)28-42(39)57-46(55)52(31-37-16-11-15-35-12-9-10-17-40(35)37)32-50(56)25-22-44-48(50,5)24-21-43-47(4)23-20-38(53)29-49(47)26-27-51(43,44)41(30-49)45(54)36-13-7-6-8-14-36/h6-17,26-27,30,33-34,38-39,42-44,53,56H,18-25,28-29,31-32H2,1-5H3. The molecule has 2 N–H and O–H groups in total. The Morgan fingerprint density at radius 2 is 1.54 bits per heavy atom. The van der Waals surface area contributed by atoms with Crippen LogP contribution in [0.4, 0.5) is 4.79 Å². The number of hydrogen-bond acceptors (Lipinski definition) is 5. The van der Waals surface area contributed by atoms with Gasteiger partial charge in [-0.2, -0.15) is 0 Å². The van der Waals surface area contributed by atoms with Gasteiger partial charge in [-0.3, -0.25) is 4.79 Å². The average molecular weight is 770 g/mol. The number of allylic oxidation sites excluding steroid dienone is 4. The molecule has 7 aliphatic rings. The summed E-state index contributed by atoms with van der Waals surface area (Å²) in [6.07, 6.45) is 14.5. The van der Waals surface area contributed by atoms with Crippen molar-refractivity contribution in [2.24, 2.45) is 51.2 Å². The van der Waals surface area contributed by atoms with E-state index in [2.05, 4.69) is 83.2 Å². The molecule has 4 saturated carbocycles. The molecule has 3 aromatic rings. The van der Waals surface area contributed by atoms with Gasteiger partial charge >= 0.3 is 6.09 Å². The summed E-state index contributed by atoms with van der Waals surface area (Å²) in [5, 5.41) is 26.7. The molecule has 302 valence electrons. The first kappa shape index (κ1) is 38.8. The fourth-order valence-electron chi connectivity index (χ4n) is 13.9. The second-order valence-corrected chi connectivity index (χ2v) is 20.2. The molecule has 1 amide bonds. The molecule has 0 radical (unpaired) electrons. The fourth-order valence-corrected chi connectivity index (χ4v) is 13.9. The number of benzene rings is 3. The maximum atomic E-state index is 14.9. The van der Waals surface area contributed by atoms with Crippen molar-refractivity contribution in [3.05, 3.63) is 108 Å². The molecule has 10 rings (SSSR count). The second-order valence-electron chi connectivity index (χ2n) is 20.2. The smallest absolute Gasteiger partial charge is 0.410 e. The van der Waals surface area contributed by atoms with E-state index in [4.69, 9.17) is 4.74 Å². The quantitative estimate of drug-likeness (QED) is 0.176. The first-order valence-electron chi connectivity index (χ1n) is 22.1. The summed E-state index contributed by atoms with van der Waals surface area (Å²) in [5.41, 5.74) is -0.267. The van der Waals surface area contributed by atoms with Gasteiger partial charge < -0.3 is 19.8 Å². The minimum atomic E-state index is -1.21. The summed E-state index contributed by atoms with van der Waals surface area (Å²) in [7, 11) is 0. The molecule has 0 heterocycles. The number of carbonyl (C=O) groups is 2. The van der Waals surface area contributed by atoms with Gasteiger partial charge in [0.2, 0.25) is 0 Å². The number of ketones is 1. The summed E-state index contributed by atoms with van der Waals surface area (Å²) >= 11 is 0. The molecule has 0 saturated heterocycles. The third-order valence-electron chi connectivity index (χ3n) is 17.2. The highest BCUT2D eigenvalue weighted by Crippen LogP contribution is 2.78. The van der Waals surface area contributed by atoms with Gasteiger partial charge in [0.1, 0.15) is 6.10 Å². The van der Waals surface area contributed by atoms with Gasteiger partial charge in [0.15, 0.2) is 5.78 Å². The van der Waals surface area contributed by atoms with Crippen LogP contribution in [0.1, 0.15) is 115 Å². The van der Waals surface area contributed by atoms with Crippen LogP contribution < -0.4 is 0 Å². The number of ether oxygens (including phenoxy) is 1. The van der Waals surface area contributed by atoms with Gasteiger partial charge in [0, 0.05) is 33.9 Å². The highest BCUT2D eigenvalue weighted by molar-refractivity contribution is 6.10. The summed E-state index contributed by atoms with van der Waals surface area (Å²) < 4.78 is 6.61. The zero-order valence-electron chi connectivity index (χ0n) is 34.8. The monoisotopic (exact) mass is 769 g/mol. The number of aliphatic hydroxyl groups excluding tert-OH is 1. The van der Waals surface area contributed by atoms with E-state index in [0.29, 0.717) is 42.7 Å². The molecule has 57 heavy (non-hydrogen) atoms. The first-order valence-corrected chi connectivity index (χ1v) is 22.1. The molecule has 0 aliphatic heterocycles. The molecule has 2 spiro atoms. The molecule has 4 fully saturated rings. The Morgan fingerprint density at radius 3 is 2.33 bits per heavy atom. The van der Waals surface area contributed by atoms with Gasteiger partial charge in [-0.05, 0) is 109 Å². The maximum absolute atomic E-state index is 14.9. The topological polar surface area (TPSA) is 87.1 Å². The average Bonchev–Trinajstić information content (AvgIpc) is 3.47. The molecule has 0 aromatic heterocycles. The Hall–Kier alpha value is -3.74. The zero-order chi connectivity index (χ0) is 40.0. The minimum absolute atomic E-state index is 0.00849. The number of aliphatic hydroxyl groups is 2. The summed E-state index contributed by atoms with van der Waals surface area (Å²) in [4.78, 5) is 31.6. The van der Waals surface area contributed by atoms with E-state index in [-0.39, 0.29) is 47.2 Å². The second kappa shape index (κ2) is 13.9. The van der Waals surface area contributed by atoms with E-state index in [9.17, 15) is 19.8 Å². The normalized spacial score (nSPS) is 39.3. The van der Waals surface area contributed by atoms with Crippen LogP contribution in [-0.2, 0) is 11.3 Å². The van der Waals surface area contributed by atoms with E-state index >= 15 is 0 Å². The van der Waals surface area contributed by atoms with Gasteiger partial charge in [0.25, 0.3) is 0 Å². The van der Waals surface area contributed by atoms with E-state index in [0.717, 1.165) is 73.3 Å². The van der Waals surface area contributed by atoms with Crippen LogP contribution >= 0.6 is 0 Å². The molecule has 11 atom stereocenters. The molecular weight excluding hydrogens is 707 g/mol. The number of amides is 1. The number of Topliss-reactive ketones (excluding diaryl/α,β-unsaturated/α-hetero) is 1. The minimum Gasteiger partial charge on any atom is -0.446 e. The Morgan fingerprint density at radius 1 is 0.842 bits per heavy atom. The van der Waals surface area contributed by atoms with Gasteiger partial charge in [-0.25, -0.2) is 4.79 Å². The van der Waals surface area contributed by atoms with Crippen LogP contribution in [0, 0.1) is 51.2 Å². The highest BCUT2D eigenvalue weighted by Gasteiger charge is 2.74. The molecule has 11 unspecified atom stereocenters. The number of rotatable bonds is 8. The van der Waals surface area contributed by atoms with Crippen LogP contribution in [0.5, 0.6) is 0 Å². The lowest BCUT2D eigenvalue weighted by molar-refractivity contribution is -0.175. The van der Waals surface area contributed by atoms with Crippen molar-refractivity contribution < 1.29 is 24.5 Å². The lowest BCUT2D eigenvalue weighted by Gasteiger charge is -2.71. The Kier molecular flexibility index (Phi) is 9.48. The number of nitrogens with zero attached hydrogens (tertiary/aromatic N) is 1. The summed E-state index contributed by atoms with van der Waals surface area (Å²) in [5.74, 6) is 1.46. The van der Waals surface area contributed by atoms with Crippen molar-refractivity contribution in [2.75, 3.05) is 6.54 Å². The van der Waals surface area contributed by atoms with Crippen LogP contribution in [0.15, 0.2) is 96.6 Å². The Bertz CT molecular complexity index is 2100. The van der Waals surface area contributed by atoms with Crippen molar-refractivity contribution in [3.63, 3.8) is 0 Å². The lowest BCUT2D eigenvalue weighted by atomic mass is 9.32. The van der Waals surface area contributed by atoms with Crippen molar-refractivity contribution in [1.29, 1.82) is 0 Å². The van der Waals surface area contributed by atoms with Gasteiger partial charge in [-0.15, -0.1) is 0 Å². The van der Waals surface area contributed by atoms with E-state index in [1.165, 1.54) is 0 Å². The van der Waals surface area contributed by atoms with E-state index < -0.39 is 22.5 Å². The lowest BCUT2D eigenvalue weighted by Crippen LogP contribution is -2.67. The van der Waals surface area contributed by atoms with E-state index in [1.807, 2.05) is 47.4 Å². The number of fused-ring (bicyclic) bond motifs is 2. The predicted molar refractivity (Wildman–Crippen MR) is 225 cm³/mol. The van der Waals surface area contributed by atoms with Crippen molar-refractivity contribution in [3.8, 4) is 0 Å². The largest absolute Gasteiger partial charge is 0.446 e. The van der Waals surface area contributed by atoms with Crippen molar-refractivity contribution in [2.45, 2.75) is 123 Å². The zero-order valence-corrected chi connectivity index (χ0v) is 34.8. The summed E-state index contributed by atoms with van der Waals surface area (Å²) in [6.45, 7) is 11.9. The third kappa shape index (κ3) is 5.85. The maximum Gasteiger partial charge on any atom is 0.410 e. The highest BCUT2D eigenvalue weighted by atomic mass is 16.6. The van der Waals surface area contributed by atoms with Crippen molar-refractivity contribution >= 4 is 22.6 Å². The van der Waals surface area contributed by atoms with Crippen LogP contribution in [0.3, 0.4) is 0 Å². The van der Waals surface area contributed by atoms with Crippen LogP contribution in [-0.4, -0.2) is 51.3 Å². The third-order valence-corrected chi connectivity index (χ3v) is 17.2. The molecule has 6 heteroatoms. The SMILES string of the molecule is CC1CCC(C(C)C)C(OC(=O)N(Cc2cccc3ccccc23)CC2(O)CCC3C45C=CC6(C=C4C(=O)c4ccccc4)CC(O)CCC6(C)C5CCC32C)C1. The van der Waals surface area contributed by atoms with Crippen LogP contribution in [0.25, 0.3) is 10.8 Å². The summed E-state index contributed by atoms with van der Waals surface area (Å²) in [6, 6.07) is 24.3. The predicted octanol–water partition coefficient (Wildman–Crippen LogP) is 10.7. The van der Waals surface area contributed by atoms with Crippen molar-refractivity contribution in [1.82, 2.24) is 4.90 Å². The molecule has 7 aliphatic carbocycles. The molecule has 3 aromatic carbocycles. The molecular formula is C51H63NO5. The van der Waals surface area contributed by atoms with E-state index in [1.54, 1.807) is 0 Å². The van der Waals surface area contributed by atoms with Gasteiger partial charge in [0.05, 0.1) is 18.2 Å². The number of hydrogen-bond donors (Lipinski definition) is 2. The van der Waals surface area contributed by atoms with Crippen LogP contribution in [0.2, 0.25) is 0 Å². The van der Waals surface area contributed by atoms with Gasteiger partial charge in [-0.1, -0.05) is 132 Å². The molecule has 2 bridgehead atoms. The first-order chi connectivity index (χ1) is 27.2. The Labute approximate surface area is 339 Å².